The lowest BCUT2D eigenvalue weighted by molar-refractivity contribution is 0.444. The van der Waals surface area contributed by atoms with Gasteiger partial charge in [0, 0.05) is 42.1 Å². The van der Waals surface area contributed by atoms with Gasteiger partial charge in [-0.15, -0.1) is 22.7 Å². The third kappa shape index (κ3) is 2.37. The molecule has 1 fully saturated rings. The van der Waals surface area contributed by atoms with Gasteiger partial charge in [-0.05, 0) is 62.4 Å². The Hall–Kier alpha value is -2.62. The van der Waals surface area contributed by atoms with Crippen LogP contribution in [-0.2, 0) is 0 Å². The Morgan fingerprint density at radius 2 is 1.18 bits per heavy atom. The first-order valence-electron chi connectivity index (χ1n) is 12.2. The van der Waals surface area contributed by atoms with Gasteiger partial charge in [0.1, 0.15) is 0 Å². The maximum absolute atomic E-state index is 2.64. The molecule has 0 bridgehead atoms. The number of aromatic nitrogens is 1. The van der Waals surface area contributed by atoms with Crippen LogP contribution in [0.3, 0.4) is 0 Å². The fraction of sp³-hybridized carbons (Fsp3) is 0.267. The number of benzene rings is 2. The fourth-order valence-electron chi connectivity index (χ4n) is 6.68. The SMILES string of the molecule is Cc1cc2c3cc(C4CCCCC4)cc4c5cc(C)sc5c5c6ccccc6c(c2s1)n5c34. The highest BCUT2D eigenvalue weighted by Crippen LogP contribution is 2.49. The van der Waals surface area contributed by atoms with Crippen LogP contribution in [-0.4, -0.2) is 4.40 Å². The average molecular weight is 464 g/mol. The van der Waals surface area contributed by atoms with Gasteiger partial charge >= 0.3 is 0 Å². The van der Waals surface area contributed by atoms with E-state index in [1.807, 2.05) is 22.7 Å². The summed E-state index contributed by atoms with van der Waals surface area (Å²) in [6.07, 6.45) is 6.83. The summed E-state index contributed by atoms with van der Waals surface area (Å²) in [6.45, 7) is 4.54. The first kappa shape index (κ1) is 18.8. The molecule has 3 heteroatoms. The molecule has 1 aliphatic rings. The molecule has 2 aromatic carbocycles. The van der Waals surface area contributed by atoms with Gasteiger partial charge in [-0.3, -0.25) is 0 Å². The molecule has 0 unspecified atom stereocenters. The van der Waals surface area contributed by atoms with Crippen LogP contribution in [0.1, 0.15) is 53.3 Å². The Kier molecular flexibility index (Phi) is 3.69. The second-order valence-electron chi connectivity index (χ2n) is 10.1. The van der Waals surface area contributed by atoms with Crippen molar-refractivity contribution >= 4 is 80.9 Å². The van der Waals surface area contributed by atoms with E-state index in [9.17, 15) is 0 Å². The molecular weight excluding hydrogens is 438 g/mol. The summed E-state index contributed by atoms with van der Waals surface area (Å²) in [5, 5.41) is 8.59. The molecule has 0 N–H and O–H groups in total. The number of nitrogens with zero attached hydrogens (tertiary/aromatic N) is 1. The predicted octanol–water partition coefficient (Wildman–Crippen LogP) is 9.93. The van der Waals surface area contributed by atoms with Gasteiger partial charge in [-0.2, -0.15) is 0 Å². The maximum Gasteiger partial charge on any atom is 0.0720 e. The standard InChI is InChI=1S/C30H25NS2/c1-16-12-24-22-14-19(18-8-4-3-5-9-18)15-23-25-13-17(2)33-30(25)28-21-11-7-6-10-20(21)27(29(24)32-16)31(28)26(22)23/h6-7,10-15,18H,3-5,8-9H2,1-2H3. The Balaban J connectivity index is 1.71. The Morgan fingerprint density at radius 3 is 1.73 bits per heavy atom. The van der Waals surface area contributed by atoms with Gasteiger partial charge in [0.15, 0.2) is 0 Å². The normalized spacial score (nSPS) is 16.1. The van der Waals surface area contributed by atoms with E-state index in [-0.39, 0.29) is 0 Å². The lowest BCUT2D eigenvalue weighted by Gasteiger charge is -2.23. The van der Waals surface area contributed by atoms with Crippen LogP contribution < -0.4 is 0 Å². The molecule has 0 radical (unpaired) electrons. The smallest absolute Gasteiger partial charge is 0.0720 e. The summed E-state index contributed by atoms with van der Waals surface area (Å²) >= 11 is 3.93. The zero-order chi connectivity index (χ0) is 21.8. The summed E-state index contributed by atoms with van der Waals surface area (Å²) in [5.41, 5.74) is 5.80. The molecule has 1 saturated carbocycles. The number of thiophene rings is 2. The first-order valence-corrected chi connectivity index (χ1v) is 13.9. The molecule has 8 rings (SSSR count). The number of pyridine rings is 2. The third-order valence-electron chi connectivity index (χ3n) is 8.04. The zero-order valence-electron chi connectivity index (χ0n) is 19.0. The van der Waals surface area contributed by atoms with Crippen LogP contribution in [0.5, 0.6) is 0 Å². The number of rotatable bonds is 1. The van der Waals surface area contributed by atoms with Crippen LogP contribution in [0, 0.1) is 13.8 Å². The molecule has 33 heavy (non-hydrogen) atoms. The molecule has 0 atom stereocenters. The van der Waals surface area contributed by atoms with E-state index >= 15 is 0 Å². The predicted molar refractivity (Wildman–Crippen MR) is 147 cm³/mol. The molecule has 0 amide bonds. The second-order valence-corrected chi connectivity index (χ2v) is 12.6. The first-order chi connectivity index (χ1) is 16.2. The van der Waals surface area contributed by atoms with Crippen LogP contribution >= 0.6 is 22.7 Å². The monoisotopic (exact) mass is 463 g/mol. The summed E-state index contributed by atoms with van der Waals surface area (Å²) < 4.78 is 5.54. The number of fused-ring (bicyclic) bond motifs is 9. The highest BCUT2D eigenvalue weighted by molar-refractivity contribution is 7.21. The van der Waals surface area contributed by atoms with Crippen LogP contribution in [0.25, 0.3) is 58.3 Å². The molecule has 0 saturated heterocycles. The fourth-order valence-corrected chi connectivity index (χ4v) is 8.83. The summed E-state index contributed by atoms with van der Waals surface area (Å²) in [5.74, 6) is 0.707. The van der Waals surface area contributed by atoms with E-state index in [4.69, 9.17) is 0 Å². The van der Waals surface area contributed by atoms with Gasteiger partial charge in [0.2, 0.25) is 0 Å². The van der Waals surface area contributed by atoms with Crippen molar-refractivity contribution in [3.8, 4) is 0 Å². The summed E-state index contributed by atoms with van der Waals surface area (Å²) in [4.78, 5) is 2.81. The van der Waals surface area contributed by atoms with Crippen LogP contribution in [0.15, 0.2) is 48.5 Å². The lowest BCUT2D eigenvalue weighted by atomic mass is 9.83. The molecule has 0 spiro atoms. The molecule has 0 aliphatic heterocycles. The molecule has 1 nitrogen and oxygen atoms in total. The van der Waals surface area contributed by atoms with Crippen molar-refractivity contribution in [2.24, 2.45) is 0 Å². The van der Waals surface area contributed by atoms with Crippen molar-refractivity contribution < 1.29 is 0 Å². The van der Waals surface area contributed by atoms with Crippen molar-refractivity contribution in [1.29, 1.82) is 0 Å². The topological polar surface area (TPSA) is 4.41 Å². The van der Waals surface area contributed by atoms with E-state index in [1.165, 1.54) is 100 Å². The highest BCUT2D eigenvalue weighted by atomic mass is 32.1. The van der Waals surface area contributed by atoms with Gasteiger partial charge in [-0.1, -0.05) is 43.5 Å². The average Bonchev–Trinajstić information content (AvgIpc) is 3.51. The van der Waals surface area contributed by atoms with Crippen molar-refractivity contribution in [3.05, 3.63) is 63.8 Å². The molecule has 7 aromatic rings. The number of hydrogen-bond donors (Lipinski definition) is 0. The van der Waals surface area contributed by atoms with Crippen molar-refractivity contribution in [2.45, 2.75) is 51.9 Å². The van der Waals surface area contributed by atoms with Crippen molar-refractivity contribution in [2.75, 3.05) is 0 Å². The Labute approximate surface area is 200 Å². The summed E-state index contributed by atoms with van der Waals surface area (Å²) in [7, 11) is 0. The van der Waals surface area contributed by atoms with Crippen molar-refractivity contribution in [3.63, 3.8) is 0 Å². The second kappa shape index (κ2) is 6.49. The molecule has 5 aromatic heterocycles. The van der Waals surface area contributed by atoms with E-state index in [2.05, 4.69) is 66.8 Å². The molecule has 162 valence electrons. The molecule has 5 heterocycles. The zero-order valence-corrected chi connectivity index (χ0v) is 20.6. The van der Waals surface area contributed by atoms with Gasteiger partial charge in [0.25, 0.3) is 0 Å². The molecule has 1 aliphatic carbocycles. The minimum absolute atomic E-state index is 0.707. The minimum atomic E-state index is 0.707. The number of hydrogen-bond acceptors (Lipinski definition) is 2. The van der Waals surface area contributed by atoms with E-state index < -0.39 is 0 Å². The van der Waals surface area contributed by atoms with Crippen molar-refractivity contribution in [1.82, 2.24) is 4.40 Å². The lowest BCUT2D eigenvalue weighted by Crippen LogP contribution is -2.05. The molecular formula is C30H25NS2. The number of aryl methyl sites for hydroxylation is 2. The van der Waals surface area contributed by atoms with E-state index in [0.717, 1.165) is 0 Å². The van der Waals surface area contributed by atoms with E-state index in [0.29, 0.717) is 5.92 Å². The van der Waals surface area contributed by atoms with Gasteiger partial charge < -0.3 is 4.40 Å². The Morgan fingerprint density at radius 1 is 0.636 bits per heavy atom. The maximum atomic E-state index is 2.64. The third-order valence-corrected chi connectivity index (χ3v) is 10.2. The van der Waals surface area contributed by atoms with E-state index in [1.54, 1.807) is 5.56 Å². The quantitative estimate of drug-likeness (QED) is 0.228. The van der Waals surface area contributed by atoms with Crippen LogP contribution in [0.2, 0.25) is 0 Å². The Bertz CT molecular complexity index is 1750. The minimum Gasteiger partial charge on any atom is -0.305 e. The van der Waals surface area contributed by atoms with Gasteiger partial charge in [0.05, 0.1) is 25.9 Å². The highest BCUT2D eigenvalue weighted by Gasteiger charge is 2.25. The summed E-state index contributed by atoms with van der Waals surface area (Å²) in [6, 6.07) is 19.1. The van der Waals surface area contributed by atoms with Crippen LogP contribution in [0.4, 0.5) is 0 Å². The largest absolute Gasteiger partial charge is 0.305 e. The van der Waals surface area contributed by atoms with Gasteiger partial charge in [-0.25, -0.2) is 0 Å².